The molecular weight excluding hydrogens is 200 g/mol. The van der Waals surface area contributed by atoms with Gasteiger partial charge in [0.25, 0.3) is 0 Å². The molecule has 3 saturated heterocycles. The number of rotatable bonds is 2. The summed E-state index contributed by atoms with van der Waals surface area (Å²) in [5, 5.41) is 11.0. The van der Waals surface area contributed by atoms with E-state index in [-0.39, 0.29) is 0 Å². The van der Waals surface area contributed by atoms with E-state index in [1.165, 1.54) is 38.2 Å². The van der Waals surface area contributed by atoms with E-state index >= 15 is 0 Å². The highest BCUT2D eigenvalue weighted by molar-refractivity contribution is 5.52. The van der Waals surface area contributed by atoms with Gasteiger partial charge in [-0.25, -0.2) is 0 Å². The minimum Gasteiger partial charge on any atom is -0.378 e. The summed E-state index contributed by atoms with van der Waals surface area (Å²) in [6.07, 6.45) is 2.71. The van der Waals surface area contributed by atoms with E-state index in [1.807, 2.05) is 0 Å². The molecule has 0 aromatic carbocycles. The second-order valence-electron chi connectivity index (χ2n) is 5.20. The summed E-state index contributed by atoms with van der Waals surface area (Å²) in [6.45, 7) is 7.95. The standard InChI is InChI=1S/C12H20N4/c1-8-12(9(2)15-14-8)13-11-7-16-5-3-10(11)4-6-16/h10-11,13H,3-7H2,1-2H3,(H,14,15). The van der Waals surface area contributed by atoms with Crippen molar-refractivity contribution in [2.45, 2.75) is 32.7 Å². The van der Waals surface area contributed by atoms with Gasteiger partial charge in [-0.05, 0) is 45.7 Å². The Balaban J connectivity index is 1.75. The number of nitrogens with one attached hydrogen (secondary N) is 2. The van der Waals surface area contributed by atoms with E-state index in [1.54, 1.807) is 0 Å². The Morgan fingerprint density at radius 2 is 2.06 bits per heavy atom. The third kappa shape index (κ3) is 1.61. The number of H-pyrrole nitrogens is 1. The number of hydrogen-bond acceptors (Lipinski definition) is 3. The monoisotopic (exact) mass is 220 g/mol. The number of aromatic nitrogens is 2. The van der Waals surface area contributed by atoms with Crippen LogP contribution in [0.25, 0.3) is 0 Å². The van der Waals surface area contributed by atoms with Crippen molar-refractivity contribution in [1.82, 2.24) is 15.1 Å². The smallest absolute Gasteiger partial charge is 0.0825 e. The van der Waals surface area contributed by atoms with E-state index in [0.29, 0.717) is 6.04 Å². The molecular formula is C12H20N4. The first-order chi connectivity index (χ1) is 7.74. The van der Waals surface area contributed by atoms with Crippen LogP contribution in [-0.4, -0.2) is 40.8 Å². The zero-order chi connectivity index (χ0) is 11.1. The second kappa shape index (κ2) is 3.77. The molecule has 0 amide bonds. The SMILES string of the molecule is Cc1n[nH]c(C)c1NC1CN2CCC1CC2. The molecule has 16 heavy (non-hydrogen) atoms. The van der Waals surface area contributed by atoms with Crippen molar-refractivity contribution in [3.8, 4) is 0 Å². The summed E-state index contributed by atoms with van der Waals surface area (Å²) in [5.41, 5.74) is 3.47. The van der Waals surface area contributed by atoms with Crippen LogP contribution >= 0.6 is 0 Å². The van der Waals surface area contributed by atoms with E-state index in [2.05, 4.69) is 34.3 Å². The predicted octanol–water partition coefficient (Wildman–Crippen LogP) is 1.53. The van der Waals surface area contributed by atoms with Crippen LogP contribution in [0.1, 0.15) is 24.2 Å². The Bertz CT molecular complexity index is 357. The van der Waals surface area contributed by atoms with Crippen molar-refractivity contribution in [2.75, 3.05) is 25.0 Å². The van der Waals surface area contributed by atoms with Gasteiger partial charge in [-0.15, -0.1) is 0 Å². The lowest BCUT2D eigenvalue weighted by Crippen LogP contribution is -2.53. The summed E-state index contributed by atoms with van der Waals surface area (Å²) in [4.78, 5) is 2.57. The van der Waals surface area contributed by atoms with Gasteiger partial charge in [0.05, 0.1) is 17.1 Å². The van der Waals surface area contributed by atoms with Crippen molar-refractivity contribution in [2.24, 2.45) is 5.92 Å². The minimum atomic E-state index is 0.623. The molecule has 2 bridgehead atoms. The lowest BCUT2D eigenvalue weighted by Gasteiger charge is -2.45. The van der Waals surface area contributed by atoms with Crippen LogP contribution in [0.15, 0.2) is 0 Å². The van der Waals surface area contributed by atoms with E-state index in [0.717, 1.165) is 17.3 Å². The molecule has 4 heteroatoms. The molecule has 88 valence electrons. The maximum atomic E-state index is 4.24. The van der Waals surface area contributed by atoms with Crippen LogP contribution in [0.3, 0.4) is 0 Å². The lowest BCUT2D eigenvalue weighted by atomic mass is 9.84. The Morgan fingerprint density at radius 1 is 1.31 bits per heavy atom. The molecule has 0 radical (unpaired) electrons. The molecule has 2 N–H and O–H groups in total. The first-order valence-corrected chi connectivity index (χ1v) is 6.24. The van der Waals surface area contributed by atoms with Gasteiger partial charge in [0, 0.05) is 12.6 Å². The number of anilines is 1. The number of fused-ring (bicyclic) bond motifs is 3. The van der Waals surface area contributed by atoms with Crippen molar-refractivity contribution < 1.29 is 0 Å². The fourth-order valence-corrected chi connectivity index (χ4v) is 3.08. The normalized spacial score (nSPS) is 33.0. The molecule has 3 aliphatic rings. The van der Waals surface area contributed by atoms with Crippen molar-refractivity contribution in [1.29, 1.82) is 0 Å². The van der Waals surface area contributed by atoms with Gasteiger partial charge < -0.3 is 10.2 Å². The van der Waals surface area contributed by atoms with Crippen molar-refractivity contribution in [3.05, 3.63) is 11.4 Å². The molecule has 3 fully saturated rings. The number of aryl methyl sites for hydroxylation is 2. The van der Waals surface area contributed by atoms with Gasteiger partial charge in [0.1, 0.15) is 0 Å². The summed E-state index contributed by atoms with van der Waals surface area (Å²) in [7, 11) is 0. The summed E-state index contributed by atoms with van der Waals surface area (Å²) >= 11 is 0. The highest BCUT2D eigenvalue weighted by Crippen LogP contribution is 2.30. The average molecular weight is 220 g/mol. The molecule has 1 aromatic heterocycles. The van der Waals surface area contributed by atoms with Crippen LogP contribution < -0.4 is 5.32 Å². The molecule has 1 atom stereocenters. The number of piperidine rings is 3. The van der Waals surface area contributed by atoms with Gasteiger partial charge in [-0.3, -0.25) is 5.10 Å². The predicted molar refractivity (Wildman–Crippen MR) is 64.6 cm³/mol. The highest BCUT2D eigenvalue weighted by atomic mass is 15.2. The molecule has 0 aliphatic carbocycles. The summed E-state index contributed by atoms with van der Waals surface area (Å²) < 4.78 is 0. The highest BCUT2D eigenvalue weighted by Gasteiger charge is 2.34. The molecule has 3 aliphatic heterocycles. The van der Waals surface area contributed by atoms with Gasteiger partial charge in [-0.1, -0.05) is 0 Å². The Kier molecular flexibility index (Phi) is 2.39. The molecule has 0 spiro atoms. The third-order valence-corrected chi connectivity index (χ3v) is 4.11. The topological polar surface area (TPSA) is 44.0 Å². The van der Waals surface area contributed by atoms with Crippen LogP contribution in [0.2, 0.25) is 0 Å². The summed E-state index contributed by atoms with van der Waals surface area (Å²) in [6, 6.07) is 0.623. The minimum absolute atomic E-state index is 0.623. The zero-order valence-corrected chi connectivity index (χ0v) is 10.1. The van der Waals surface area contributed by atoms with E-state index in [9.17, 15) is 0 Å². The van der Waals surface area contributed by atoms with Crippen molar-refractivity contribution >= 4 is 5.69 Å². The molecule has 4 heterocycles. The fraction of sp³-hybridized carbons (Fsp3) is 0.750. The van der Waals surface area contributed by atoms with E-state index < -0.39 is 0 Å². The Morgan fingerprint density at radius 3 is 2.56 bits per heavy atom. The Labute approximate surface area is 96.4 Å². The number of aromatic amines is 1. The summed E-state index contributed by atoms with van der Waals surface area (Å²) in [5.74, 6) is 0.860. The van der Waals surface area contributed by atoms with Crippen LogP contribution in [0.5, 0.6) is 0 Å². The number of nitrogens with zero attached hydrogens (tertiary/aromatic N) is 2. The largest absolute Gasteiger partial charge is 0.378 e. The van der Waals surface area contributed by atoms with Gasteiger partial charge in [-0.2, -0.15) is 5.10 Å². The van der Waals surface area contributed by atoms with E-state index in [4.69, 9.17) is 0 Å². The molecule has 1 aromatic rings. The van der Waals surface area contributed by atoms with Gasteiger partial charge in [0.15, 0.2) is 0 Å². The average Bonchev–Trinajstić information content (AvgIpc) is 2.63. The lowest BCUT2D eigenvalue weighted by molar-refractivity contribution is 0.0975. The maximum absolute atomic E-state index is 4.24. The first-order valence-electron chi connectivity index (χ1n) is 6.24. The Hall–Kier alpha value is -1.03. The molecule has 0 saturated carbocycles. The van der Waals surface area contributed by atoms with Crippen LogP contribution in [0, 0.1) is 19.8 Å². The van der Waals surface area contributed by atoms with Crippen LogP contribution in [0.4, 0.5) is 5.69 Å². The van der Waals surface area contributed by atoms with Gasteiger partial charge in [0.2, 0.25) is 0 Å². The zero-order valence-electron chi connectivity index (χ0n) is 10.1. The maximum Gasteiger partial charge on any atom is 0.0825 e. The van der Waals surface area contributed by atoms with Crippen LogP contribution in [-0.2, 0) is 0 Å². The quantitative estimate of drug-likeness (QED) is 0.794. The van der Waals surface area contributed by atoms with Gasteiger partial charge >= 0.3 is 0 Å². The number of hydrogen-bond donors (Lipinski definition) is 2. The first kappa shape index (κ1) is 10.1. The molecule has 1 unspecified atom stereocenters. The third-order valence-electron chi connectivity index (χ3n) is 4.11. The van der Waals surface area contributed by atoms with Crippen molar-refractivity contribution in [3.63, 3.8) is 0 Å². The second-order valence-corrected chi connectivity index (χ2v) is 5.20. The molecule has 4 nitrogen and oxygen atoms in total. The fourth-order valence-electron chi connectivity index (χ4n) is 3.08. The molecule has 4 rings (SSSR count).